The minimum atomic E-state index is -4.52. The Hall–Kier alpha value is -2.66. The summed E-state index contributed by atoms with van der Waals surface area (Å²) in [4.78, 5) is 13.2. The van der Waals surface area contributed by atoms with Gasteiger partial charge in [-0.15, -0.1) is 0 Å². The lowest BCUT2D eigenvalue weighted by molar-refractivity contribution is -0.137. The predicted octanol–water partition coefficient (Wildman–Crippen LogP) is 2.76. The van der Waals surface area contributed by atoms with Crippen molar-refractivity contribution in [1.29, 1.82) is 0 Å². The molecule has 0 spiro atoms. The van der Waals surface area contributed by atoms with Crippen molar-refractivity contribution in [2.45, 2.75) is 11.1 Å². The molecule has 0 atom stereocenters. The van der Waals surface area contributed by atoms with E-state index in [2.05, 4.69) is 0 Å². The maximum atomic E-state index is 13.9. The maximum absolute atomic E-state index is 13.9. The molecule has 0 saturated carbocycles. The van der Waals surface area contributed by atoms with Crippen LogP contribution in [0.2, 0.25) is 0 Å². The van der Waals surface area contributed by atoms with Crippen molar-refractivity contribution < 1.29 is 35.5 Å². The monoisotopic (exact) mass is 446 g/mol. The molecule has 1 aliphatic rings. The molecule has 1 fully saturated rings. The van der Waals surface area contributed by atoms with Gasteiger partial charge in [-0.25, -0.2) is 12.8 Å². The van der Waals surface area contributed by atoms with Crippen LogP contribution in [0.3, 0.4) is 0 Å². The summed E-state index contributed by atoms with van der Waals surface area (Å²) in [5.41, 5.74) is -0.889. The topological polar surface area (TPSA) is 66.9 Å². The van der Waals surface area contributed by atoms with Gasteiger partial charge >= 0.3 is 6.18 Å². The number of sulfonamides is 1. The summed E-state index contributed by atoms with van der Waals surface area (Å²) in [5.74, 6) is -1.44. The van der Waals surface area contributed by atoms with Crippen LogP contribution in [0.4, 0.5) is 17.6 Å². The van der Waals surface area contributed by atoms with Gasteiger partial charge in [-0.05, 0) is 30.3 Å². The van der Waals surface area contributed by atoms with Gasteiger partial charge in [0.15, 0.2) is 6.61 Å². The first-order chi connectivity index (χ1) is 14.1. The molecule has 1 saturated heterocycles. The lowest BCUT2D eigenvalue weighted by Crippen LogP contribution is -2.51. The molecule has 0 N–H and O–H groups in total. The summed E-state index contributed by atoms with van der Waals surface area (Å²) in [5, 5.41) is 0. The fourth-order valence-corrected chi connectivity index (χ4v) is 4.46. The second-order valence-corrected chi connectivity index (χ2v) is 8.44. The van der Waals surface area contributed by atoms with E-state index in [4.69, 9.17) is 4.74 Å². The van der Waals surface area contributed by atoms with Crippen LogP contribution in [0.1, 0.15) is 5.56 Å². The molecular formula is C19H18F4N2O4S. The Morgan fingerprint density at radius 3 is 2.30 bits per heavy atom. The number of halogens is 4. The molecule has 0 aliphatic carbocycles. The maximum Gasteiger partial charge on any atom is 0.416 e. The van der Waals surface area contributed by atoms with Crippen LogP contribution in [-0.4, -0.2) is 56.3 Å². The van der Waals surface area contributed by atoms with Crippen molar-refractivity contribution in [3.63, 3.8) is 0 Å². The van der Waals surface area contributed by atoms with Crippen molar-refractivity contribution in [2.75, 3.05) is 32.8 Å². The third-order valence-corrected chi connectivity index (χ3v) is 6.50. The summed E-state index contributed by atoms with van der Waals surface area (Å²) >= 11 is 0. The van der Waals surface area contributed by atoms with Gasteiger partial charge in [0.05, 0.1) is 5.56 Å². The Kier molecular flexibility index (Phi) is 6.32. The zero-order chi connectivity index (χ0) is 21.9. The average molecular weight is 446 g/mol. The number of hydrogen-bond acceptors (Lipinski definition) is 4. The first-order valence-corrected chi connectivity index (χ1v) is 10.4. The number of carbonyl (C=O) groups is 1. The second-order valence-electron chi connectivity index (χ2n) is 6.53. The Bertz CT molecular complexity index is 1020. The summed E-state index contributed by atoms with van der Waals surface area (Å²) in [7, 11) is -4.03. The van der Waals surface area contributed by atoms with Crippen LogP contribution in [0, 0.1) is 5.82 Å². The van der Waals surface area contributed by atoms with E-state index in [1.165, 1.54) is 35.2 Å². The standard InChI is InChI=1S/C19H18F4N2O4S/c20-16-6-1-2-7-17(16)30(27,28)25-10-8-24(9-11-25)18(26)13-29-15-5-3-4-14(12-15)19(21,22)23/h1-7,12H,8-11,13H2. The van der Waals surface area contributed by atoms with Crippen LogP contribution in [0.5, 0.6) is 5.75 Å². The third kappa shape index (κ3) is 4.90. The molecule has 2 aromatic rings. The van der Waals surface area contributed by atoms with Crippen molar-refractivity contribution in [1.82, 2.24) is 9.21 Å². The molecule has 1 aliphatic heterocycles. The summed E-state index contributed by atoms with van der Waals surface area (Å²) in [6.07, 6.45) is -4.52. The fraction of sp³-hybridized carbons (Fsp3) is 0.316. The number of rotatable bonds is 5. The van der Waals surface area contributed by atoms with Gasteiger partial charge < -0.3 is 9.64 Å². The zero-order valence-electron chi connectivity index (χ0n) is 15.6. The Labute approximate surface area is 170 Å². The molecule has 3 rings (SSSR count). The minimum Gasteiger partial charge on any atom is -0.484 e. The van der Waals surface area contributed by atoms with E-state index in [-0.39, 0.29) is 31.9 Å². The number of benzene rings is 2. The number of piperazine rings is 1. The number of hydrogen-bond donors (Lipinski definition) is 0. The number of carbonyl (C=O) groups excluding carboxylic acids is 1. The molecule has 30 heavy (non-hydrogen) atoms. The second kappa shape index (κ2) is 8.60. The molecule has 11 heteroatoms. The third-order valence-electron chi connectivity index (χ3n) is 4.57. The van der Waals surface area contributed by atoms with Gasteiger partial charge in [0.25, 0.3) is 5.91 Å². The van der Waals surface area contributed by atoms with Crippen LogP contribution in [-0.2, 0) is 21.0 Å². The van der Waals surface area contributed by atoms with Crippen LogP contribution >= 0.6 is 0 Å². The highest BCUT2D eigenvalue weighted by atomic mass is 32.2. The smallest absolute Gasteiger partial charge is 0.416 e. The van der Waals surface area contributed by atoms with Crippen LogP contribution in [0.25, 0.3) is 0 Å². The first-order valence-electron chi connectivity index (χ1n) is 8.91. The fourth-order valence-electron chi connectivity index (χ4n) is 2.97. The van der Waals surface area contributed by atoms with E-state index in [1.54, 1.807) is 0 Å². The molecule has 0 unspecified atom stereocenters. The zero-order valence-corrected chi connectivity index (χ0v) is 16.4. The van der Waals surface area contributed by atoms with Crippen LogP contribution < -0.4 is 4.74 Å². The summed E-state index contributed by atoms with van der Waals surface area (Å²) in [6.45, 7) is -0.448. The SMILES string of the molecule is O=C(COc1cccc(C(F)(F)F)c1)N1CCN(S(=O)(=O)c2ccccc2F)CC1. The van der Waals surface area contributed by atoms with Gasteiger partial charge in [-0.1, -0.05) is 18.2 Å². The van der Waals surface area contributed by atoms with Gasteiger partial charge in [0, 0.05) is 26.2 Å². The van der Waals surface area contributed by atoms with E-state index in [0.29, 0.717) is 0 Å². The first kappa shape index (κ1) is 22.0. The number of nitrogens with zero attached hydrogens (tertiary/aromatic N) is 2. The van der Waals surface area contributed by atoms with Crippen LogP contribution in [0.15, 0.2) is 53.4 Å². The van der Waals surface area contributed by atoms with E-state index < -0.39 is 45.0 Å². The lowest BCUT2D eigenvalue weighted by atomic mass is 10.2. The molecule has 2 aromatic carbocycles. The highest BCUT2D eigenvalue weighted by molar-refractivity contribution is 7.89. The minimum absolute atomic E-state index is 0.0357. The van der Waals surface area contributed by atoms with Gasteiger partial charge in [0.2, 0.25) is 10.0 Å². The van der Waals surface area contributed by atoms with Crippen molar-refractivity contribution in [2.24, 2.45) is 0 Å². The number of alkyl halides is 3. The Balaban J connectivity index is 1.57. The van der Waals surface area contributed by atoms with Crippen molar-refractivity contribution >= 4 is 15.9 Å². The van der Waals surface area contributed by atoms with E-state index >= 15 is 0 Å². The van der Waals surface area contributed by atoms with Crippen molar-refractivity contribution in [3.8, 4) is 5.75 Å². The molecule has 1 heterocycles. The number of ether oxygens (including phenoxy) is 1. The highest BCUT2D eigenvalue weighted by Gasteiger charge is 2.32. The summed E-state index contributed by atoms with van der Waals surface area (Å²) in [6, 6.07) is 9.20. The molecule has 0 bridgehead atoms. The van der Waals surface area contributed by atoms with E-state index in [0.717, 1.165) is 22.5 Å². The van der Waals surface area contributed by atoms with Crippen molar-refractivity contribution in [3.05, 3.63) is 59.9 Å². The predicted molar refractivity (Wildman–Crippen MR) is 98.7 cm³/mol. The molecule has 162 valence electrons. The molecule has 0 aromatic heterocycles. The molecular weight excluding hydrogens is 428 g/mol. The largest absolute Gasteiger partial charge is 0.484 e. The van der Waals surface area contributed by atoms with Gasteiger partial charge in [-0.2, -0.15) is 17.5 Å². The van der Waals surface area contributed by atoms with Gasteiger partial charge in [-0.3, -0.25) is 4.79 Å². The Morgan fingerprint density at radius 2 is 1.67 bits per heavy atom. The lowest BCUT2D eigenvalue weighted by Gasteiger charge is -2.34. The average Bonchev–Trinajstić information content (AvgIpc) is 2.72. The highest BCUT2D eigenvalue weighted by Crippen LogP contribution is 2.31. The quantitative estimate of drug-likeness (QED) is 0.663. The Morgan fingerprint density at radius 1 is 1.00 bits per heavy atom. The summed E-state index contributed by atoms with van der Waals surface area (Å²) < 4.78 is 83.4. The molecule has 6 nitrogen and oxygen atoms in total. The molecule has 1 amide bonds. The normalized spacial score (nSPS) is 15.8. The number of amides is 1. The molecule has 0 radical (unpaired) electrons. The van der Waals surface area contributed by atoms with E-state index in [1.807, 2.05) is 0 Å². The van der Waals surface area contributed by atoms with E-state index in [9.17, 15) is 30.8 Å². The van der Waals surface area contributed by atoms with Gasteiger partial charge in [0.1, 0.15) is 16.5 Å².